The second kappa shape index (κ2) is 6.29. The first-order valence-corrected chi connectivity index (χ1v) is 9.18. The molecule has 0 amide bonds. The van der Waals surface area contributed by atoms with Gasteiger partial charge in [0.1, 0.15) is 0 Å². The summed E-state index contributed by atoms with van der Waals surface area (Å²) in [5, 5.41) is 3.10. The van der Waals surface area contributed by atoms with Gasteiger partial charge in [-0.25, -0.2) is 25.9 Å². The van der Waals surface area contributed by atoms with Crippen molar-refractivity contribution in [2.75, 3.05) is 38.2 Å². The fourth-order valence-corrected chi connectivity index (χ4v) is 3.78. The van der Waals surface area contributed by atoms with E-state index in [1.165, 1.54) is 11.2 Å². The van der Waals surface area contributed by atoms with Gasteiger partial charge in [-0.3, -0.25) is 0 Å². The van der Waals surface area contributed by atoms with Gasteiger partial charge in [-0.2, -0.15) is 0 Å². The van der Waals surface area contributed by atoms with Crippen molar-refractivity contribution in [2.45, 2.75) is 19.4 Å². The average molecular weight is 299 g/mol. The van der Waals surface area contributed by atoms with Crippen molar-refractivity contribution in [2.24, 2.45) is 0 Å². The van der Waals surface area contributed by atoms with Crippen LogP contribution in [0.25, 0.3) is 0 Å². The monoisotopic (exact) mass is 299 g/mol. The summed E-state index contributed by atoms with van der Waals surface area (Å²) in [5.74, 6) is -0.255. The van der Waals surface area contributed by atoms with E-state index >= 15 is 0 Å². The fourth-order valence-electron chi connectivity index (χ4n) is 1.75. The molecule has 0 spiro atoms. The summed E-state index contributed by atoms with van der Waals surface area (Å²) in [7, 11) is -5.20. The Kier molecular flexibility index (Phi) is 5.53. The molecule has 1 unspecified atom stereocenters. The minimum atomic E-state index is -3.41. The van der Waals surface area contributed by atoms with E-state index in [9.17, 15) is 16.8 Å². The first-order valence-electron chi connectivity index (χ1n) is 5.92. The molecule has 2 N–H and O–H groups in total. The van der Waals surface area contributed by atoms with Gasteiger partial charge in [0, 0.05) is 26.2 Å². The Morgan fingerprint density at radius 2 is 2.00 bits per heavy atom. The van der Waals surface area contributed by atoms with Gasteiger partial charge < -0.3 is 5.32 Å². The van der Waals surface area contributed by atoms with E-state index in [0.717, 1.165) is 13.0 Å². The lowest BCUT2D eigenvalue weighted by atomic mass is 10.3. The summed E-state index contributed by atoms with van der Waals surface area (Å²) in [6, 6.07) is -0.0298. The van der Waals surface area contributed by atoms with Crippen molar-refractivity contribution in [1.29, 1.82) is 0 Å². The first kappa shape index (κ1) is 15.8. The van der Waals surface area contributed by atoms with E-state index < -0.39 is 20.0 Å². The van der Waals surface area contributed by atoms with Crippen LogP contribution in [0.15, 0.2) is 0 Å². The van der Waals surface area contributed by atoms with Crippen molar-refractivity contribution < 1.29 is 16.8 Å². The summed E-state index contributed by atoms with van der Waals surface area (Å²) in [5.41, 5.74) is 0. The third-order valence-electron chi connectivity index (χ3n) is 3.05. The summed E-state index contributed by atoms with van der Waals surface area (Å²) in [6.07, 6.45) is 0.788. The molecule has 9 heteroatoms. The van der Waals surface area contributed by atoms with Gasteiger partial charge >= 0.3 is 0 Å². The molecule has 1 rings (SSSR count). The number of nitrogens with one attached hydrogen (secondary N) is 2. The summed E-state index contributed by atoms with van der Waals surface area (Å²) in [6.45, 7) is 2.89. The molecule has 1 aliphatic heterocycles. The van der Waals surface area contributed by atoms with Crippen molar-refractivity contribution in [3.05, 3.63) is 0 Å². The van der Waals surface area contributed by atoms with E-state index in [1.54, 1.807) is 7.05 Å². The third kappa shape index (κ3) is 4.47. The van der Waals surface area contributed by atoms with E-state index in [2.05, 4.69) is 10.0 Å². The molecule has 0 aliphatic carbocycles. The number of sulfonamides is 2. The molecule has 0 aromatic heterocycles. The maximum absolute atomic E-state index is 12.0. The highest BCUT2D eigenvalue weighted by Gasteiger charge is 2.28. The zero-order valence-corrected chi connectivity index (χ0v) is 12.3. The molecule has 1 atom stereocenters. The molecule has 7 nitrogen and oxygen atoms in total. The van der Waals surface area contributed by atoms with Gasteiger partial charge in [-0.1, -0.05) is 0 Å². The summed E-state index contributed by atoms with van der Waals surface area (Å²) in [4.78, 5) is 0. The molecule has 108 valence electrons. The normalized spacial score (nSPS) is 21.6. The quantitative estimate of drug-likeness (QED) is 0.599. The topological polar surface area (TPSA) is 95.6 Å². The van der Waals surface area contributed by atoms with Crippen LogP contribution in [0, 0.1) is 0 Å². The molecule has 1 saturated heterocycles. The molecular formula is C9H21N3O4S2. The predicted molar refractivity (Wildman–Crippen MR) is 70.3 cm³/mol. The molecule has 1 fully saturated rings. The van der Waals surface area contributed by atoms with Gasteiger partial charge in [-0.05, 0) is 19.9 Å². The minimum Gasteiger partial charge on any atom is -0.315 e. The van der Waals surface area contributed by atoms with Crippen LogP contribution in [0.5, 0.6) is 0 Å². The molecular weight excluding hydrogens is 278 g/mol. The zero-order valence-electron chi connectivity index (χ0n) is 10.7. The Bertz CT molecular complexity index is 454. The zero-order chi connectivity index (χ0) is 13.8. The van der Waals surface area contributed by atoms with Crippen LogP contribution in [-0.2, 0) is 20.0 Å². The van der Waals surface area contributed by atoms with Crippen LogP contribution in [0.4, 0.5) is 0 Å². The maximum Gasteiger partial charge on any atom is 0.215 e. The Hall–Kier alpha value is -0.220. The number of hydrogen-bond donors (Lipinski definition) is 2. The highest BCUT2D eigenvalue weighted by molar-refractivity contribution is 7.90. The molecule has 0 radical (unpaired) electrons. The van der Waals surface area contributed by atoms with Crippen molar-refractivity contribution in [3.8, 4) is 0 Å². The van der Waals surface area contributed by atoms with Gasteiger partial charge in [0.15, 0.2) is 0 Å². The Labute approximate surface area is 109 Å². The highest BCUT2D eigenvalue weighted by Crippen LogP contribution is 2.11. The van der Waals surface area contributed by atoms with Crippen LogP contribution in [-0.4, -0.2) is 65.4 Å². The molecule has 0 bridgehead atoms. The van der Waals surface area contributed by atoms with Gasteiger partial charge in [0.25, 0.3) is 0 Å². The fraction of sp³-hybridized carbons (Fsp3) is 1.00. The molecule has 1 aliphatic rings. The van der Waals surface area contributed by atoms with E-state index in [-0.39, 0.29) is 24.1 Å². The maximum atomic E-state index is 12.0. The van der Waals surface area contributed by atoms with Crippen LogP contribution in [0.2, 0.25) is 0 Å². The molecule has 0 aromatic rings. The van der Waals surface area contributed by atoms with Gasteiger partial charge in [0.2, 0.25) is 20.0 Å². The predicted octanol–water partition coefficient (Wildman–Crippen LogP) is -1.45. The van der Waals surface area contributed by atoms with Crippen LogP contribution >= 0.6 is 0 Å². The smallest absolute Gasteiger partial charge is 0.215 e. The molecule has 1 heterocycles. The SMILES string of the molecule is CCS(=O)(=O)NCCS(=O)(=O)N(C)C1CCNC1. The van der Waals surface area contributed by atoms with Gasteiger partial charge in [0.05, 0.1) is 11.5 Å². The van der Waals surface area contributed by atoms with Crippen LogP contribution < -0.4 is 10.0 Å². The lowest BCUT2D eigenvalue weighted by Gasteiger charge is -2.23. The first-order chi connectivity index (χ1) is 8.28. The number of likely N-dealkylation sites (N-methyl/N-ethyl adjacent to an activating group) is 1. The molecule has 0 aromatic carbocycles. The van der Waals surface area contributed by atoms with E-state index in [1.807, 2.05) is 0 Å². The highest BCUT2D eigenvalue weighted by atomic mass is 32.2. The van der Waals surface area contributed by atoms with E-state index in [0.29, 0.717) is 6.54 Å². The van der Waals surface area contributed by atoms with Crippen LogP contribution in [0.1, 0.15) is 13.3 Å². The second-order valence-electron chi connectivity index (χ2n) is 4.28. The Morgan fingerprint density at radius 1 is 1.33 bits per heavy atom. The summed E-state index contributed by atoms with van der Waals surface area (Å²) < 4.78 is 49.9. The lowest BCUT2D eigenvalue weighted by Crippen LogP contribution is -2.42. The van der Waals surface area contributed by atoms with Crippen LogP contribution in [0.3, 0.4) is 0 Å². The second-order valence-corrected chi connectivity index (χ2v) is 8.52. The standard InChI is InChI=1S/C9H21N3O4S2/c1-3-17(13,14)11-6-7-18(15,16)12(2)9-4-5-10-8-9/h9-11H,3-8H2,1-2H3. The lowest BCUT2D eigenvalue weighted by molar-refractivity contribution is 0.388. The average Bonchev–Trinajstić information content (AvgIpc) is 2.80. The molecule has 0 saturated carbocycles. The number of nitrogens with zero attached hydrogens (tertiary/aromatic N) is 1. The summed E-state index contributed by atoms with van der Waals surface area (Å²) >= 11 is 0. The minimum absolute atomic E-state index is 0.0298. The largest absolute Gasteiger partial charge is 0.315 e. The Balaban J connectivity index is 2.49. The number of rotatable bonds is 7. The van der Waals surface area contributed by atoms with Crippen molar-refractivity contribution in [1.82, 2.24) is 14.3 Å². The van der Waals surface area contributed by atoms with E-state index in [4.69, 9.17) is 0 Å². The van der Waals surface area contributed by atoms with Crippen molar-refractivity contribution >= 4 is 20.0 Å². The number of hydrogen-bond acceptors (Lipinski definition) is 5. The van der Waals surface area contributed by atoms with Gasteiger partial charge in [-0.15, -0.1) is 0 Å². The Morgan fingerprint density at radius 3 is 2.50 bits per heavy atom. The molecule has 18 heavy (non-hydrogen) atoms. The third-order valence-corrected chi connectivity index (χ3v) is 6.35. The van der Waals surface area contributed by atoms with Crippen molar-refractivity contribution in [3.63, 3.8) is 0 Å².